The fourth-order valence-corrected chi connectivity index (χ4v) is 2.03. The molecule has 1 N–H and O–H groups in total. The summed E-state index contributed by atoms with van der Waals surface area (Å²) in [7, 11) is 0. The number of pyridine rings is 1. The van der Waals surface area contributed by atoms with E-state index in [1.165, 1.54) is 0 Å². The van der Waals surface area contributed by atoms with Gasteiger partial charge >= 0.3 is 0 Å². The Morgan fingerprint density at radius 2 is 2.53 bits per heavy atom. The van der Waals surface area contributed by atoms with E-state index in [1.807, 2.05) is 35.0 Å². The van der Waals surface area contributed by atoms with Crippen molar-refractivity contribution in [2.45, 2.75) is 18.9 Å². The van der Waals surface area contributed by atoms with E-state index in [-0.39, 0.29) is 18.4 Å². The van der Waals surface area contributed by atoms with Crippen molar-refractivity contribution in [3.05, 3.63) is 36.3 Å². The number of nitrogens with zero attached hydrogens (tertiary/aromatic N) is 2. The summed E-state index contributed by atoms with van der Waals surface area (Å²) >= 11 is 0. The predicted octanol–water partition coefficient (Wildman–Crippen LogP) is 0.713. The van der Waals surface area contributed by atoms with Crippen LogP contribution in [0.3, 0.4) is 0 Å². The summed E-state index contributed by atoms with van der Waals surface area (Å²) in [6, 6.07) is 5.73. The van der Waals surface area contributed by atoms with Gasteiger partial charge in [0.15, 0.2) is 0 Å². The molecule has 0 aromatic carbocycles. The zero-order valence-electron chi connectivity index (χ0n) is 10.4. The highest BCUT2D eigenvalue weighted by molar-refractivity contribution is 5.77. The van der Waals surface area contributed by atoms with Crippen molar-refractivity contribution in [3.8, 4) is 0 Å². The summed E-state index contributed by atoms with van der Waals surface area (Å²) in [5.74, 6) is -0.199. The topological polar surface area (TPSA) is 64.9 Å². The Morgan fingerprint density at radius 1 is 1.58 bits per heavy atom. The van der Waals surface area contributed by atoms with E-state index in [2.05, 4.69) is 10.5 Å². The maximum atomic E-state index is 11.7. The number of hydrogen-bond donors (Lipinski definition) is 1. The van der Waals surface area contributed by atoms with E-state index in [9.17, 15) is 4.79 Å². The molecule has 19 heavy (non-hydrogen) atoms. The van der Waals surface area contributed by atoms with E-state index < -0.39 is 0 Å². The molecule has 0 radical (unpaired) electrons. The van der Waals surface area contributed by atoms with Gasteiger partial charge in [-0.25, -0.2) is 10.5 Å². The SMILES string of the molecule is O=C(Cc1cn2ccccc2n1)NOC1CCOC1. The molecule has 0 bridgehead atoms. The zero-order chi connectivity index (χ0) is 13.1. The number of rotatable bonds is 4. The van der Waals surface area contributed by atoms with Gasteiger partial charge in [-0.2, -0.15) is 0 Å². The first-order valence-electron chi connectivity index (χ1n) is 6.26. The van der Waals surface area contributed by atoms with Crippen molar-refractivity contribution < 1.29 is 14.4 Å². The Morgan fingerprint density at radius 3 is 3.32 bits per heavy atom. The summed E-state index contributed by atoms with van der Waals surface area (Å²) in [6.07, 6.45) is 4.72. The molecule has 1 amide bonds. The summed E-state index contributed by atoms with van der Waals surface area (Å²) in [5.41, 5.74) is 4.00. The lowest BCUT2D eigenvalue weighted by molar-refractivity contribution is -0.137. The van der Waals surface area contributed by atoms with Crippen LogP contribution in [0.5, 0.6) is 0 Å². The van der Waals surface area contributed by atoms with Crippen LogP contribution in [0.2, 0.25) is 0 Å². The summed E-state index contributed by atoms with van der Waals surface area (Å²) in [4.78, 5) is 21.3. The average molecular weight is 261 g/mol. The van der Waals surface area contributed by atoms with Gasteiger partial charge in [-0.1, -0.05) is 6.07 Å². The lowest BCUT2D eigenvalue weighted by Gasteiger charge is -2.09. The number of hydroxylamine groups is 1. The molecular weight excluding hydrogens is 246 g/mol. The van der Waals surface area contributed by atoms with Crippen LogP contribution >= 0.6 is 0 Å². The molecule has 1 aliphatic heterocycles. The molecule has 3 heterocycles. The molecule has 6 nitrogen and oxygen atoms in total. The summed E-state index contributed by atoms with van der Waals surface area (Å²) in [5, 5.41) is 0. The molecule has 1 atom stereocenters. The van der Waals surface area contributed by atoms with Crippen molar-refractivity contribution in [1.29, 1.82) is 0 Å². The van der Waals surface area contributed by atoms with Crippen LogP contribution in [0, 0.1) is 0 Å². The molecular formula is C13H15N3O3. The fourth-order valence-electron chi connectivity index (χ4n) is 2.03. The van der Waals surface area contributed by atoms with Crippen molar-refractivity contribution in [2.75, 3.05) is 13.2 Å². The fraction of sp³-hybridized carbons (Fsp3) is 0.385. The Balaban J connectivity index is 1.56. The summed E-state index contributed by atoms with van der Waals surface area (Å²) < 4.78 is 7.04. The second-order valence-corrected chi connectivity index (χ2v) is 4.50. The third kappa shape index (κ3) is 2.91. The van der Waals surface area contributed by atoms with Gasteiger partial charge in [-0.3, -0.25) is 9.63 Å². The van der Waals surface area contributed by atoms with Gasteiger partial charge < -0.3 is 9.14 Å². The number of hydrogen-bond acceptors (Lipinski definition) is 4. The molecule has 6 heteroatoms. The first kappa shape index (κ1) is 12.1. The van der Waals surface area contributed by atoms with Crippen LogP contribution < -0.4 is 5.48 Å². The van der Waals surface area contributed by atoms with Crippen LogP contribution in [-0.4, -0.2) is 34.6 Å². The first-order chi connectivity index (χ1) is 9.31. The quantitative estimate of drug-likeness (QED) is 0.823. The van der Waals surface area contributed by atoms with Gasteiger partial charge in [0.25, 0.3) is 0 Å². The van der Waals surface area contributed by atoms with E-state index in [4.69, 9.17) is 9.57 Å². The van der Waals surface area contributed by atoms with E-state index in [0.717, 1.165) is 17.8 Å². The predicted molar refractivity (Wildman–Crippen MR) is 67.3 cm³/mol. The smallest absolute Gasteiger partial charge is 0.249 e. The minimum absolute atomic E-state index is 0.0370. The second-order valence-electron chi connectivity index (χ2n) is 4.50. The number of carbonyl (C=O) groups is 1. The van der Waals surface area contributed by atoms with Crippen LogP contribution in [-0.2, 0) is 20.8 Å². The molecule has 0 saturated carbocycles. The van der Waals surface area contributed by atoms with Crippen molar-refractivity contribution in [2.24, 2.45) is 0 Å². The number of amides is 1. The first-order valence-corrected chi connectivity index (χ1v) is 6.26. The molecule has 0 spiro atoms. The third-order valence-corrected chi connectivity index (χ3v) is 2.98. The lowest BCUT2D eigenvalue weighted by Crippen LogP contribution is -2.31. The van der Waals surface area contributed by atoms with E-state index >= 15 is 0 Å². The molecule has 0 aliphatic carbocycles. The summed E-state index contributed by atoms with van der Waals surface area (Å²) in [6.45, 7) is 1.22. The monoisotopic (exact) mass is 261 g/mol. The van der Waals surface area contributed by atoms with Crippen LogP contribution in [0.1, 0.15) is 12.1 Å². The van der Waals surface area contributed by atoms with Crippen LogP contribution in [0.4, 0.5) is 0 Å². The lowest BCUT2D eigenvalue weighted by atomic mass is 10.3. The highest BCUT2D eigenvalue weighted by atomic mass is 16.7. The number of imidazole rings is 1. The van der Waals surface area contributed by atoms with Crippen molar-refractivity contribution in [3.63, 3.8) is 0 Å². The van der Waals surface area contributed by atoms with Crippen molar-refractivity contribution >= 4 is 11.6 Å². The van der Waals surface area contributed by atoms with Gasteiger partial charge in [-0.15, -0.1) is 0 Å². The van der Waals surface area contributed by atoms with Crippen LogP contribution in [0.25, 0.3) is 5.65 Å². The van der Waals surface area contributed by atoms with Crippen molar-refractivity contribution in [1.82, 2.24) is 14.9 Å². The normalized spacial score (nSPS) is 18.8. The van der Waals surface area contributed by atoms with Gasteiger partial charge in [0, 0.05) is 25.4 Å². The molecule has 1 unspecified atom stereocenters. The minimum Gasteiger partial charge on any atom is -0.379 e. The molecule has 3 rings (SSSR count). The molecule has 1 saturated heterocycles. The number of carbonyl (C=O) groups excluding carboxylic acids is 1. The molecule has 1 fully saturated rings. The highest BCUT2D eigenvalue weighted by Crippen LogP contribution is 2.07. The second kappa shape index (κ2) is 5.38. The number of aromatic nitrogens is 2. The maximum absolute atomic E-state index is 11.7. The standard InChI is InChI=1S/C13H15N3O3/c17-13(15-19-11-4-6-18-9-11)7-10-8-16-5-2-1-3-12(16)14-10/h1-3,5,8,11H,4,6-7,9H2,(H,15,17). The Labute approximate surface area is 110 Å². The molecule has 100 valence electrons. The van der Waals surface area contributed by atoms with Crippen LogP contribution in [0.15, 0.2) is 30.6 Å². The number of ether oxygens (including phenoxy) is 1. The number of nitrogens with one attached hydrogen (secondary N) is 1. The maximum Gasteiger partial charge on any atom is 0.249 e. The highest BCUT2D eigenvalue weighted by Gasteiger charge is 2.17. The van der Waals surface area contributed by atoms with E-state index in [0.29, 0.717) is 13.2 Å². The van der Waals surface area contributed by atoms with E-state index in [1.54, 1.807) is 0 Å². The number of fused-ring (bicyclic) bond motifs is 1. The Bertz CT molecular complexity index is 542. The average Bonchev–Trinajstić information content (AvgIpc) is 3.04. The van der Waals surface area contributed by atoms with Gasteiger partial charge in [0.1, 0.15) is 11.8 Å². The van der Waals surface area contributed by atoms with Gasteiger partial charge in [-0.05, 0) is 12.1 Å². The minimum atomic E-state index is -0.199. The zero-order valence-corrected chi connectivity index (χ0v) is 10.4. The third-order valence-electron chi connectivity index (χ3n) is 2.98. The molecule has 1 aliphatic rings. The largest absolute Gasteiger partial charge is 0.379 e. The van der Waals surface area contributed by atoms with Gasteiger partial charge in [0.05, 0.1) is 18.7 Å². The Kier molecular flexibility index (Phi) is 3.43. The Hall–Kier alpha value is -1.92. The van der Waals surface area contributed by atoms with Gasteiger partial charge in [0.2, 0.25) is 5.91 Å². The molecule has 2 aromatic heterocycles. The molecule has 2 aromatic rings.